The fourth-order valence-electron chi connectivity index (χ4n) is 3.70. The molecule has 3 aromatic rings. The van der Waals surface area contributed by atoms with Crippen LogP contribution in [0.4, 0.5) is 5.69 Å². The van der Waals surface area contributed by atoms with Gasteiger partial charge in [-0.1, -0.05) is 50.2 Å². The molecule has 0 spiro atoms. The van der Waals surface area contributed by atoms with E-state index >= 15 is 0 Å². The number of aliphatic hydroxyl groups excluding tert-OH is 1. The van der Waals surface area contributed by atoms with Crippen LogP contribution in [0.15, 0.2) is 78.3 Å². The van der Waals surface area contributed by atoms with Gasteiger partial charge in [0.25, 0.3) is 5.91 Å². The third kappa shape index (κ3) is 2.76. The molecular formula is C23H20N2O3. The number of fused-ring (bicyclic) bond motifs is 1. The number of carbonyl (C=O) groups is 2. The zero-order valence-corrected chi connectivity index (χ0v) is 15.7. The van der Waals surface area contributed by atoms with Crippen LogP contribution in [0.5, 0.6) is 0 Å². The van der Waals surface area contributed by atoms with Gasteiger partial charge >= 0.3 is 0 Å². The summed E-state index contributed by atoms with van der Waals surface area (Å²) in [7, 11) is 0. The molecule has 2 heterocycles. The predicted octanol–water partition coefficient (Wildman–Crippen LogP) is 4.36. The molecule has 1 N–H and O–H groups in total. The van der Waals surface area contributed by atoms with Gasteiger partial charge in [-0.2, -0.15) is 0 Å². The Labute approximate surface area is 162 Å². The van der Waals surface area contributed by atoms with Crippen molar-refractivity contribution in [2.75, 3.05) is 4.90 Å². The van der Waals surface area contributed by atoms with Crippen molar-refractivity contribution < 1.29 is 14.7 Å². The van der Waals surface area contributed by atoms with Crippen LogP contribution < -0.4 is 4.90 Å². The predicted molar refractivity (Wildman–Crippen MR) is 108 cm³/mol. The quantitative estimate of drug-likeness (QED) is 0.739. The van der Waals surface area contributed by atoms with Gasteiger partial charge in [-0.25, -0.2) is 0 Å². The summed E-state index contributed by atoms with van der Waals surface area (Å²) < 4.78 is 0. The Balaban J connectivity index is 1.96. The highest BCUT2D eigenvalue weighted by Crippen LogP contribution is 2.43. The van der Waals surface area contributed by atoms with Crippen molar-refractivity contribution in [2.45, 2.75) is 19.9 Å². The van der Waals surface area contributed by atoms with E-state index in [1.165, 1.54) is 4.90 Å². The van der Waals surface area contributed by atoms with Crippen LogP contribution in [0, 0.1) is 5.92 Å². The van der Waals surface area contributed by atoms with Crippen molar-refractivity contribution in [1.29, 1.82) is 0 Å². The maximum atomic E-state index is 13.1. The van der Waals surface area contributed by atoms with Crippen LogP contribution in [0.1, 0.15) is 25.5 Å². The van der Waals surface area contributed by atoms with Gasteiger partial charge in [-0.05, 0) is 29.1 Å². The topological polar surface area (TPSA) is 70.5 Å². The molecule has 1 aliphatic heterocycles. The molecule has 0 saturated heterocycles. The minimum Gasteiger partial charge on any atom is -0.503 e. The Morgan fingerprint density at radius 3 is 2.43 bits per heavy atom. The van der Waals surface area contributed by atoms with Crippen LogP contribution in [0.3, 0.4) is 0 Å². The van der Waals surface area contributed by atoms with Gasteiger partial charge in [-0.3, -0.25) is 19.5 Å². The summed E-state index contributed by atoms with van der Waals surface area (Å²) in [6, 6.07) is 16.2. The van der Waals surface area contributed by atoms with Crippen molar-refractivity contribution >= 4 is 28.2 Å². The highest BCUT2D eigenvalue weighted by molar-refractivity contribution is 6.19. The van der Waals surface area contributed by atoms with Crippen LogP contribution in [-0.4, -0.2) is 21.8 Å². The largest absolute Gasteiger partial charge is 0.503 e. The molecule has 28 heavy (non-hydrogen) atoms. The molecule has 1 amide bonds. The van der Waals surface area contributed by atoms with Crippen molar-refractivity contribution in [3.63, 3.8) is 0 Å². The molecule has 140 valence electrons. The first-order valence-electron chi connectivity index (χ1n) is 9.19. The summed E-state index contributed by atoms with van der Waals surface area (Å²) in [6.45, 7) is 3.52. The summed E-state index contributed by atoms with van der Waals surface area (Å²) in [5.74, 6) is -1.63. The molecule has 2 aromatic carbocycles. The number of nitrogens with zero attached hydrogens (tertiary/aromatic N) is 2. The van der Waals surface area contributed by atoms with E-state index in [-0.39, 0.29) is 17.3 Å². The number of ketones is 1. The van der Waals surface area contributed by atoms with E-state index in [0.717, 1.165) is 16.3 Å². The Morgan fingerprint density at radius 2 is 1.71 bits per heavy atom. The van der Waals surface area contributed by atoms with Crippen molar-refractivity contribution in [3.8, 4) is 0 Å². The average molecular weight is 372 g/mol. The summed E-state index contributed by atoms with van der Waals surface area (Å²) in [5.41, 5.74) is 1.52. The lowest BCUT2D eigenvalue weighted by atomic mass is 9.91. The molecule has 5 heteroatoms. The first-order valence-corrected chi connectivity index (χ1v) is 9.19. The Hall–Kier alpha value is -3.47. The number of amides is 1. The second-order valence-electron chi connectivity index (χ2n) is 7.14. The normalized spacial score (nSPS) is 17.0. The van der Waals surface area contributed by atoms with Gasteiger partial charge in [0, 0.05) is 23.7 Å². The zero-order valence-electron chi connectivity index (χ0n) is 15.7. The van der Waals surface area contributed by atoms with E-state index < -0.39 is 17.7 Å². The highest BCUT2D eigenvalue weighted by atomic mass is 16.3. The number of carbonyl (C=O) groups excluding carboxylic acids is 2. The van der Waals surface area contributed by atoms with Gasteiger partial charge in [0.1, 0.15) is 0 Å². The van der Waals surface area contributed by atoms with Crippen LogP contribution in [0.2, 0.25) is 0 Å². The van der Waals surface area contributed by atoms with E-state index in [1.54, 1.807) is 38.4 Å². The summed E-state index contributed by atoms with van der Waals surface area (Å²) in [5, 5.41) is 12.5. The van der Waals surface area contributed by atoms with Crippen molar-refractivity contribution in [3.05, 3.63) is 83.9 Å². The maximum absolute atomic E-state index is 13.1. The minimum absolute atomic E-state index is 0.138. The van der Waals surface area contributed by atoms with E-state index in [2.05, 4.69) is 4.98 Å². The minimum atomic E-state index is -0.698. The Kier molecular flexibility index (Phi) is 4.43. The Morgan fingerprint density at radius 1 is 1.04 bits per heavy atom. The molecule has 1 aromatic heterocycles. The molecule has 0 fully saturated rings. The number of benzene rings is 2. The average Bonchev–Trinajstić information content (AvgIpc) is 2.98. The first-order chi connectivity index (χ1) is 13.5. The van der Waals surface area contributed by atoms with Crippen LogP contribution >= 0.6 is 0 Å². The van der Waals surface area contributed by atoms with Crippen molar-refractivity contribution in [2.24, 2.45) is 5.92 Å². The molecule has 0 aliphatic carbocycles. The van der Waals surface area contributed by atoms with E-state index in [0.29, 0.717) is 5.69 Å². The summed E-state index contributed by atoms with van der Waals surface area (Å²) >= 11 is 0. The second kappa shape index (κ2) is 6.93. The molecule has 0 bridgehead atoms. The number of anilines is 1. The Bertz CT molecular complexity index is 1100. The number of aromatic nitrogens is 1. The molecule has 1 aliphatic rings. The first kappa shape index (κ1) is 17.9. The SMILES string of the molecule is CC(C)C(=O)C1=C(O)C(=O)N(c2cccc3ccccc23)C1c1ccncc1. The molecule has 1 atom stereocenters. The van der Waals surface area contributed by atoms with E-state index in [1.807, 2.05) is 42.5 Å². The molecule has 0 radical (unpaired) electrons. The fraction of sp³-hybridized carbons (Fsp3) is 0.174. The number of Topliss-reactive ketones (excluding diaryl/α,β-unsaturated/α-hetero) is 1. The van der Waals surface area contributed by atoms with E-state index in [9.17, 15) is 14.7 Å². The van der Waals surface area contributed by atoms with E-state index in [4.69, 9.17) is 0 Å². The van der Waals surface area contributed by atoms with Crippen LogP contribution in [0.25, 0.3) is 10.8 Å². The third-order valence-electron chi connectivity index (χ3n) is 5.05. The van der Waals surface area contributed by atoms with Crippen LogP contribution in [-0.2, 0) is 9.59 Å². The number of hydrogen-bond donors (Lipinski definition) is 1. The number of rotatable bonds is 4. The second-order valence-corrected chi connectivity index (χ2v) is 7.14. The molecule has 5 nitrogen and oxygen atoms in total. The fourth-order valence-corrected chi connectivity index (χ4v) is 3.70. The number of hydrogen-bond acceptors (Lipinski definition) is 4. The maximum Gasteiger partial charge on any atom is 0.294 e. The van der Waals surface area contributed by atoms with Gasteiger partial charge in [0.2, 0.25) is 0 Å². The standard InChI is InChI=1S/C23H20N2O3/c1-14(2)21(26)19-20(16-10-12-24-13-11-16)25(23(28)22(19)27)18-9-5-7-15-6-3-4-8-17(15)18/h3-14,20,27H,1-2H3. The molecule has 0 saturated carbocycles. The monoisotopic (exact) mass is 372 g/mol. The smallest absolute Gasteiger partial charge is 0.294 e. The lowest BCUT2D eigenvalue weighted by Crippen LogP contribution is -2.31. The van der Waals surface area contributed by atoms with Gasteiger partial charge < -0.3 is 5.11 Å². The molecule has 4 rings (SSSR count). The van der Waals surface area contributed by atoms with Crippen molar-refractivity contribution in [1.82, 2.24) is 4.98 Å². The number of pyridine rings is 1. The lowest BCUT2D eigenvalue weighted by molar-refractivity contribution is -0.119. The lowest BCUT2D eigenvalue weighted by Gasteiger charge is -2.28. The highest BCUT2D eigenvalue weighted by Gasteiger charge is 2.45. The third-order valence-corrected chi connectivity index (χ3v) is 5.05. The van der Waals surface area contributed by atoms with Gasteiger partial charge in [0.05, 0.1) is 17.3 Å². The van der Waals surface area contributed by atoms with Gasteiger partial charge in [-0.15, -0.1) is 0 Å². The number of aliphatic hydroxyl groups is 1. The van der Waals surface area contributed by atoms with Gasteiger partial charge in [0.15, 0.2) is 11.5 Å². The summed E-state index contributed by atoms with van der Waals surface area (Å²) in [4.78, 5) is 31.6. The zero-order chi connectivity index (χ0) is 19.8. The summed E-state index contributed by atoms with van der Waals surface area (Å²) in [6.07, 6.45) is 3.24. The molecular weight excluding hydrogens is 352 g/mol. The molecule has 1 unspecified atom stereocenters.